The molecular weight excluding hydrogens is 721 g/mol. The first kappa shape index (κ1) is 54.8. The van der Waals surface area contributed by atoms with Gasteiger partial charge in [0.25, 0.3) is 0 Å². The van der Waals surface area contributed by atoms with Crippen LogP contribution in [0, 0.1) is 0 Å². The Bertz CT molecular complexity index is 915. The lowest BCUT2D eigenvalue weighted by Crippen LogP contribution is -2.25. The molecular formula is C47H92NO7P. The zero-order chi connectivity index (χ0) is 40.9. The van der Waals surface area contributed by atoms with Crippen LogP contribution in [0.2, 0.25) is 0 Å². The zero-order valence-corrected chi connectivity index (χ0v) is 37.8. The second-order valence-corrected chi connectivity index (χ2v) is 17.5. The van der Waals surface area contributed by atoms with Gasteiger partial charge in [0.05, 0.1) is 19.5 Å². The molecule has 0 aromatic rings. The largest absolute Gasteiger partial charge is 0.492 e. The third kappa shape index (κ3) is 43.9. The van der Waals surface area contributed by atoms with Gasteiger partial charge in [0, 0.05) is 13.0 Å². The highest BCUT2D eigenvalue weighted by atomic mass is 31.2. The lowest BCUT2D eigenvalue weighted by Gasteiger charge is -2.19. The third-order valence-corrected chi connectivity index (χ3v) is 11.4. The van der Waals surface area contributed by atoms with E-state index in [0.29, 0.717) is 6.42 Å². The van der Waals surface area contributed by atoms with Gasteiger partial charge in [-0.25, -0.2) is 4.57 Å². The van der Waals surface area contributed by atoms with E-state index in [0.717, 1.165) is 32.1 Å². The zero-order valence-electron chi connectivity index (χ0n) is 36.9. The highest BCUT2D eigenvalue weighted by molar-refractivity contribution is 7.47. The van der Waals surface area contributed by atoms with Gasteiger partial charge in [0.15, 0.2) is 6.10 Å². The topological polar surface area (TPSA) is 117 Å². The molecule has 3 N–H and O–H groups in total. The van der Waals surface area contributed by atoms with E-state index in [-0.39, 0.29) is 32.3 Å². The second kappa shape index (κ2) is 44.9. The number of nitrogens with two attached hydrogens (primary N) is 1. The Labute approximate surface area is 346 Å². The van der Waals surface area contributed by atoms with Crippen LogP contribution in [0.4, 0.5) is 0 Å². The summed E-state index contributed by atoms with van der Waals surface area (Å²) in [5, 5.41) is 0. The molecule has 0 bridgehead atoms. The highest BCUT2D eigenvalue weighted by Gasteiger charge is 2.24. The van der Waals surface area contributed by atoms with Crippen LogP contribution in [0.3, 0.4) is 0 Å². The molecule has 0 fully saturated rings. The lowest BCUT2D eigenvalue weighted by atomic mass is 10.0. The van der Waals surface area contributed by atoms with Gasteiger partial charge in [-0.3, -0.25) is 13.8 Å². The minimum Gasteiger partial charge on any atom is -0.492 e. The number of phosphoric acid groups is 1. The Morgan fingerprint density at radius 2 is 0.911 bits per heavy atom. The summed E-state index contributed by atoms with van der Waals surface area (Å²) < 4.78 is 33.3. The quantitative estimate of drug-likeness (QED) is 0.0205. The van der Waals surface area contributed by atoms with Crippen LogP contribution < -0.4 is 5.73 Å². The van der Waals surface area contributed by atoms with Crippen molar-refractivity contribution >= 4 is 13.8 Å². The number of unbranched alkanes of at least 4 members (excludes halogenated alkanes) is 31. The molecule has 8 nitrogen and oxygen atoms in total. The van der Waals surface area contributed by atoms with E-state index < -0.39 is 13.9 Å². The van der Waals surface area contributed by atoms with Crippen molar-refractivity contribution in [3.05, 3.63) is 24.5 Å². The summed E-state index contributed by atoms with van der Waals surface area (Å²) in [6.07, 6.45) is 51.6. The summed E-state index contributed by atoms with van der Waals surface area (Å²) in [4.78, 5) is 22.3. The number of hydrogen-bond acceptors (Lipinski definition) is 7. The Balaban J connectivity index is 3.96. The SMILES string of the molecule is CCCCCCC=CCCCCCCCCC=COC(COC(=O)CCCCCCCCCCCCCCCCCCCCCCC)COP(=O)(O)OCCN. The number of carbonyl (C=O) groups is 1. The standard InChI is InChI=1S/C47H92NO7P/c1-3-5-7-9-11-13-15-17-19-21-22-23-24-25-26-28-30-32-34-36-38-40-47(49)53-44-46(45-55-56(50,51)54-43-41-48)52-42-39-37-35-33-31-29-27-20-18-16-14-12-10-8-6-4-2/h14,16,39,42,46H,3-13,15,17-38,40-41,43-45,48H2,1-2H3,(H,50,51). The molecule has 0 aliphatic heterocycles. The van der Waals surface area contributed by atoms with Gasteiger partial charge in [-0.05, 0) is 51.0 Å². The molecule has 332 valence electrons. The molecule has 0 spiro atoms. The fourth-order valence-electron chi connectivity index (χ4n) is 6.86. The number of esters is 1. The number of hydrogen-bond donors (Lipinski definition) is 2. The van der Waals surface area contributed by atoms with E-state index >= 15 is 0 Å². The van der Waals surface area contributed by atoms with Gasteiger partial charge < -0.3 is 20.1 Å². The molecule has 0 amide bonds. The Morgan fingerprint density at radius 1 is 0.536 bits per heavy atom. The average molecular weight is 814 g/mol. The number of allylic oxidation sites excluding steroid dienone is 3. The summed E-state index contributed by atoms with van der Waals surface area (Å²) in [6.45, 7) is 4.24. The van der Waals surface area contributed by atoms with E-state index in [1.807, 2.05) is 6.08 Å². The fraction of sp³-hybridized carbons (Fsp3) is 0.894. The maximum atomic E-state index is 12.4. The van der Waals surface area contributed by atoms with Crippen LogP contribution in [-0.2, 0) is 27.9 Å². The minimum atomic E-state index is -4.27. The van der Waals surface area contributed by atoms with Gasteiger partial charge in [0.1, 0.15) is 6.61 Å². The van der Waals surface area contributed by atoms with Crippen molar-refractivity contribution in [2.24, 2.45) is 5.73 Å². The summed E-state index contributed by atoms with van der Waals surface area (Å²) >= 11 is 0. The Morgan fingerprint density at radius 3 is 1.34 bits per heavy atom. The molecule has 2 unspecified atom stereocenters. The number of ether oxygens (including phenoxy) is 2. The molecule has 9 heteroatoms. The maximum Gasteiger partial charge on any atom is 0.472 e. The summed E-state index contributed by atoms with van der Waals surface area (Å²) in [6, 6.07) is 0. The van der Waals surface area contributed by atoms with Crippen molar-refractivity contribution in [2.45, 2.75) is 245 Å². The van der Waals surface area contributed by atoms with Crippen LogP contribution in [0.25, 0.3) is 0 Å². The number of rotatable bonds is 46. The van der Waals surface area contributed by atoms with Crippen LogP contribution >= 0.6 is 7.82 Å². The smallest absolute Gasteiger partial charge is 0.472 e. The molecule has 0 aromatic heterocycles. The Hall–Kier alpha value is -1.18. The first-order valence-corrected chi connectivity index (χ1v) is 25.4. The third-order valence-electron chi connectivity index (χ3n) is 10.5. The molecule has 0 rings (SSSR count). The summed E-state index contributed by atoms with van der Waals surface area (Å²) in [7, 11) is -4.27. The maximum absolute atomic E-state index is 12.4. The molecule has 0 radical (unpaired) electrons. The predicted molar refractivity (Wildman–Crippen MR) is 238 cm³/mol. The molecule has 0 aliphatic carbocycles. The second-order valence-electron chi connectivity index (χ2n) is 16.0. The van der Waals surface area contributed by atoms with Crippen LogP contribution in [0.1, 0.15) is 239 Å². The van der Waals surface area contributed by atoms with E-state index in [1.54, 1.807) is 6.26 Å². The monoisotopic (exact) mass is 814 g/mol. The number of phosphoric ester groups is 1. The van der Waals surface area contributed by atoms with Crippen molar-refractivity contribution in [2.75, 3.05) is 26.4 Å². The van der Waals surface area contributed by atoms with E-state index in [9.17, 15) is 14.3 Å². The van der Waals surface area contributed by atoms with Crippen molar-refractivity contribution in [1.82, 2.24) is 0 Å². The van der Waals surface area contributed by atoms with Crippen LogP contribution in [-0.4, -0.2) is 43.3 Å². The van der Waals surface area contributed by atoms with Crippen molar-refractivity contribution < 1.29 is 32.8 Å². The number of carbonyl (C=O) groups excluding carboxylic acids is 1. The van der Waals surface area contributed by atoms with Gasteiger partial charge in [-0.1, -0.05) is 199 Å². The molecule has 0 aromatic carbocycles. The van der Waals surface area contributed by atoms with E-state index in [4.69, 9.17) is 24.3 Å². The fourth-order valence-corrected chi connectivity index (χ4v) is 7.62. The Kier molecular flexibility index (Phi) is 44.0. The van der Waals surface area contributed by atoms with Gasteiger partial charge in [-0.2, -0.15) is 0 Å². The average Bonchev–Trinajstić information content (AvgIpc) is 3.19. The van der Waals surface area contributed by atoms with Gasteiger partial charge in [-0.15, -0.1) is 0 Å². The van der Waals surface area contributed by atoms with Gasteiger partial charge >= 0.3 is 13.8 Å². The molecule has 2 atom stereocenters. The highest BCUT2D eigenvalue weighted by Crippen LogP contribution is 2.43. The van der Waals surface area contributed by atoms with E-state index in [1.165, 1.54) is 186 Å². The van der Waals surface area contributed by atoms with Crippen molar-refractivity contribution in [3.8, 4) is 0 Å². The van der Waals surface area contributed by atoms with E-state index in [2.05, 4.69) is 26.0 Å². The van der Waals surface area contributed by atoms with Crippen LogP contribution in [0.15, 0.2) is 24.5 Å². The molecule has 0 aliphatic rings. The first-order chi connectivity index (χ1) is 27.4. The van der Waals surface area contributed by atoms with Gasteiger partial charge in [0.2, 0.25) is 0 Å². The molecule has 56 heavy (non-hydrogen) atoms. The first-order valence-electron chi connectivity index (χ1n) is 23.9. The predicted octanol–water partition coefficient (Wildman–Crippen LogP) is 14.8. The molecule has 0 heterocycles. The van der Waals surface area contributed by atoms with Crippen molar-refractivity contribution in [1.29, 1.82) is 0 Å². The lowest BCUT2D eigenvalue weighted by molar-refractivity contribution is -0.147. The summed E-state index contributed by atoms with van der Waals surface area (Å²) in [5.74, 6) is -0.287. The molecule has 0 saturated heterocycles. The normalized spacial score (nSPS) is 13.5. The minimum absolute atomic E-state index is 0.0621. The van der Waals surface area contributed by atoms with Crippen LogP contribution in [0.5, 0.6) is 0 Å². The molecule has 0 saturated carbocycles. The summed E-state index contributed by atoms with van der Waals surface area (Å²) in [5.41, 5.74) is 5.37. The van der Waals surface area contributed by atoms with Crippen molar-refractivity contribution in [3.63, 3.8) is 0 Å².